The number of benzene rings is 1. The molecule has 1 amide bonds. The van der Waals surface area contributed by atoms with Crippen molar-refractivity contribution in [2.45, 2.75) is 26.7 Å². The molecule has 5 nitrogen and oxygen atoms in total. The summed E-state index contributed by atoms with van der Waals surface area (Å²) in [6.45, 7) is 6.16. The predicted octanol–water partition coefficient (Wildman–Crippen LogP) is 3.44. The number of allylic oxidation sites excluding steroid dienone is 1. The minimum Gasteiger partial charge on any atom is -0.496 e. The van der Waals surface area contributed by atoms with E-state index >= 15 is 0 Å². The molecular weight excluding hydrogens is 302 g/mol. The number of rotatable bonds is 4. The fourth-order valence-electron chi connectivity index (χ4n) is 2.39. The van der Waals surface area contributed by atoms with Gasteiger partial charge in [-0.2, -0.15) is 0 Å². The Labute approximate surface area is 133 Å². The molecule has 0 aliphatic carbocycles. The van der Waals surface area contributed by atoms with Crippen molar-refractivity contribution in [3.63, 3.8) is 0 Å². The van der Waals surface area contributed by atoms with Gasteiger partial charge in [-0.1, -0.05) is 19.9 Å². The van der Waals surface area contributed by atoms with Gasteiger partial charge in [-0.25, -0.2) is 4.79 Å². The van der Waals surface area contributed by atoms with Gasteiger partial charge in [-0.3, -0.25) is 4.79 Å². The third-order valence-electron chi connectivity index (χ3n) is 3.34. The second-order valence-electron chi connectivity index (χ2n) is 5.26. The number of carbonyl (C=O) groups excluding carboxylic acids is 1. The molecule has 1 aliphatic heterocycles. The molecule has 118 valence electrons. The average molecular weight is 321 g/mol. The summed E-state index contributed by atoms with van der Waals surface area (Å²) in [6, 6.07) is 4.91. The number of carboxylic acid groups (broad SMARTS) is 1. The average Bonchev–Trinajstić information content (AvgIpc) is 2.46. The molecule has 0 saturated heterocycles. The van der Waals surface area contributed by atoms with Crippen LogP contribution in [0.2, 0.25) is 0 Å². The first-order valence-electron chi connectivity index (χ1n) is 7.05. The van der Waals surface area contributed by atoms with E-state index in [4.69, 9.17) is 4.74 Å². The Morgan fingerprint density at radius 1 is 1.36 bits per heavy atom. The van der Waals surface area contributed by atoms with E-state index in [-0.39, 0.29) is 17.4 Å². The normalized spacial score (nSPS) is 14.7. The molecule has 0 radical (unpaired) electrons. The Bertz CT molecular complexity index is 637. The predicted molar refractivity (Wildman–Crippen MR) is 87.2 cm³/mol. The lowest BCUT2D eigenvalue weighted by molar-refractivity contribution is -0.112. The van der Waals surface area contributed by atoms with E-state index in [0.717, 1.165) is 5.75 Å². The first-order chi connectivity index (χ1) is 10.4. The van der Waals surface area contributed by atoms with Crippen LogP contribution >= 0.6 is 11.8 Å². The molecule has 0 saturated carbocycles. The zero-order valence-electron chi connectivity index (χ0n) is 12.8. The van der Waals surface area contributed by atoms with Gasteiger partial charge in [0, 0.05) is 11.4 Å². The van der Waals surface area contributed by atoms with Gasteiger partial charge in [0.1, 0.15) is 10.7 Å². The summed E-state index contributed by atoms with van der Waals surface area (Å²) in [6.07, 6.45) is 0. The van der Waals surface area contributed by atoms with Crippen LogP contribution in [0.3, 0.4) is 0 Å². The molecule has 1 heterocycles. The van der Waals surface area contributed by atoms with Crippen molar-refractivity contribution in [3.8, 4) is 0 Å². The number of aromatic carboxylic acids is 1. The Kier molecular flexibility index (Phi) is 5.13. The smallest absolute Gasteiger partial charge is 0.336 e. The van der Waals surface area contributed by atoms with E-state index < -0.39 is 5.97 Å². The topological polar surface area (TPSA) is 75.6 Å². The molecule has 0 aromatic heterocycles. The van der Waals surface area contributed by atoms with E-state index in [1.54, 1.807) is 25.1 Å². The monoisotopic (exact) mass is 321 g/mol. The zero-order chi connectivity index (χ0) is 16.3. The van der Waals surface area contributed by atoms with E-state index in [1.165, 1.54) is 11.8 Å². The number of hydrogen-bond acceptors (Lipinski definition) is 4. The maximum atomic E-state index is 12.4. The van der Waals surface area contributed by atoms with Crippen molar-refractivity contribution >= 4 is 29.3 Å². The largest absolute Gasteiger partial charge is 0.496 e. The fourth-order valence-corrected chi connectivity index (χ4v) is 3.21. The van der Waals surface area contributed by atoms with Crippen LogP contribution in [0.25, 0.3) is 0 Å². The maximum absolute atomic E-state index is 12.4. The zero-order valence-corrected chi connectivity index (χ0v) is 13.6. The summed E-state index contributed by atoms with van der Waals surface area (Å²) < 4.78 is 5.39. The lowest BCUT2D eigenvalue weighted by Crippen LogP contribution is -2.20. The molecule has 1 aliphatic rings. The molecule has 0 spiro atoms. The highest BCUT2D eigenvalue weighted by Gasteiger charge is 2.22. The highest BCUT2D eigenvalue weighted by atomic mass is 32.2. The number of thioether (sulfide) groups is 1. The van der Waals surface area contributed by atoms with Gasteiger partial charge in [-0.05, 0) is 30.5 Å². The molecular formula is C16H19NO4S. The van der Waals surface area contributed by atoms with Crippen LogP contribution in [0.1, 0.15) is 42.6 Å². The van der Waals surface area contributed by atoms with Crippen molar-refractivity contribution in [1.82, 2.24) is 0 Å². The molecule has 2 N–H and O–H groups in total. The maximum Gasteiger partial charge on any atom is 0.336 e. The van der Waals surface area contributed by atoms with Gasteiger partial charge in [0.25, 0.3) is 5.91 Å². The summed E-state index contributed by atoms with van der Waals surface area (Å²) in [4.78, 5) is 24.3. The summed E-state index contributed by atoms with van der Waals surface area (Å²) in [5.74, 6) is 0.0612. The Morgan fingerprint density at radius 2 is 2.09 bits per heavy atom. The summed E-state index contributed by atoms with van der Waals surface area (Å²) in [7, 11) is 0. The van der Waals surface area contributed by atoms with E-state index in [1.807, 2.05) is 13.8 Å². The van der Waals surface area contributed by atoms with Crippen LogP contribution < -0.4 is 5.32 Å². The number of amides is 1. The van der Waals surface area contributed by atoms with Crippen molar-refractivity contribution < 1.29 is 19.4 Å². The van der Waals surface area contributed by atoms with Crippen LogP contribution in [0.4, 0.5) is 5.69 Å². The standard InChI is InChI=1S/C16H19NO4S/c1-9(2)13-11(16(19)20)5-4-6-12(13)17-15(18)14-10(3)21-7-8-22-14/h4-6,9H,7-8H2,1-3H3,(H,17,18)(H,19,20). The number of anilines is 1. The fraction of sp³-hybridized carbons (Fsp3) is 0.375. The lowest BCUT2D eigenvalue weighted by atomic mass is 9.95. The minimum atomic E-state index is -0.995. The summed E-state index contributed by atoms with van der Waals surface area (Å²) in [5.41, 5.74) is 1.38. The van der Waals surface area contributed by atoms with Gasteiger partial charge in [0.05, 0.1) is 12.2 Å². The Hall–Kier alpha value is -1.95. The molecule has 0 atom stereocenters. The van der Waals surface area contributed by atoms with Gasteiger partial charge < -0.3 is 15.2 Å². The number of carboxylic acids is 1. The van der Waals surface area contributed by atoms with Crippen LogP contribution in [-0.2, 0) is 9.53 Å². The highest BCUT2D eigenvalue weighted by Crippen LogP contribution is 2.31. The van der Waals surface area contributed by atoms with Crippen LogP contribution in [0.5, 0.6) is 0 Å². The Morgan fingerprint density at radius 3 is 2.68 bits per heavy atom. The lowest BCUT2D eigenvalue weighted by Gasteiger charge is -2.20. The van der Waals surface area contributed by atoms with Crippen molar-refractivity contribution in [2.75, 3.05) is 17.7 Å². The summed E-state index contributed by atoms with van der Waals surface area (Å²) >= 11 is 1.45. The van der Waals surface area contributed by atoms with Crippen molar-refractivity contribution in [2.24, 2.45) is 0 Å². The van der Waals surface area contributed by atoms with Crippen LogP contribution in [0, 0.1) is 0 Å². The Balaban J connectivity index is 2.35. The second-order valence-corrected chi connectivity index (χ2v) is 6.37. The van der Waals surface area contributed by atoms with E-state index in [2.05, 4.69) is 5.32 Å². The van der Waals surface area contributed by atoms with Crippen molar-refractivity contribution in [3.05, 3.63) is 40.0 Å². The number of carbonyl (C=O) groups is 2. The van der Waals surface area contributed by atoms with E-state index in [9.17, 15) is 14.7 Å². The molecule has 0 bridgehead atoms. The second kappa shape index (κ2) is 6.87. The van der Waals surface area contributed by atoms with Gasteiger partial charge in [0.2, 0.25) is 0 Å². The quantitative estimate of drug-likeness (QED) is 0.888. The summed E-state index contributed by atoms with van der Waals surface area (Å²) in [5, 5.41) is 12.1. The van der Waals surface area contributed by atoms with Crippen LogP contribution in [-0.4, -0.2) is 29.3 Å². The first-order valence-corrected chi connectivity index (χ1v) is 8.04. The van der Waals surface area contributed by atoms with Crippen molar-refractivity contribution in [1.29, 1.82) is 0 Å². The van der Waals surface area contributed by atoms with Gasteiger partial charge >= 0.3 is 5.97 Å². The number of hydrogen-bond donors (Lipinski definition) is 2. The van der Waals surface area contributed by atoms with Gasteiger partial charge in [0.15, 0.2) is 0 Å². The molecule has 6 heteroatoms. The molecule has 22 heavy (non-hydrogen) atoms. The third kappa shape index (κ3) is 3.44. The van der Waals surface area contributed by atoms with Gasteiger partial charge in [-0.15, -0.1) is 11.8 Å². The molecule has 0 unspecified atom stereocenters. The third-order valence-corrected chi connectivity index (χ3v) is 4.47. The van der Waals surface area contributed by atoms with E-state index in [0.29, 0.717) is 28.5 Å². The first kappa shape index (κ1) is 16.4. The molecule has 0 fully saturated rings. The number of nitrogens with one attached hydrogen (secondary N) is 1. The SMILES string of the molecule is CC1=C(C(=O)Nc2cccc(C(=O)O)c2C(C)C)SCCO1. The molecule has 1 aromatic carbocycles. The molecule has 2 rings (SSSR count). The van der Waals surface area contributed by atoms with Crippen LogP contribution in [0.15, 0.2) is 28.9 Å². The number of ether oxygens (including phenoxy) is 1. The molecule has 1 aromatic rings. The highest BCUT2D eigenvalue weighted by molar-refractivity contribution is 8.04. The minimum absolute atomic E-state index is 0.0204.